The van der Waals surface area contributed by atoms with E-state index in [9.17, 15) is 17.6 Å². The number of alkyl halides is 3. The van der Waals surface area contributed by atoms with Crippen molar-refractivity contribution in [1.82, 2.24) is 4.98 Å². The Kier molecular flexibility index (Phi) is 4.03. The Hall–Kier alpha value is -3.15. The molecule has 0 bridgehead atoms. The van der Waals surface area contributed by atoms with Crippen LogP contribution >= 0.6 is 0 Å². The van der Waals surface area contributed by atoms with Crippen molar-refractivity contribution < 1.29 is 22.3 Å². The number of hydrogen-bond acceptors (Lipinski definition) is 5. The molecule has 1 spiro atoms. The molecule has 0 saturated carbocycles. The monoisotopic (exact) mass is 390 g/mol. The molecule has 5 nitrogen and oxygen atoms in total. The van der Waals surface area contributed by atoms with Crippen LogP contribution in [0.5, 0.6) is 0 Å². The summed E-state index contributed by atoms with van der Waals surface area (Å²) in [6.07, 6.45) is -0.205. The number of amidine groups is 1. The molecule has 0 fully saturated rings. The summed E-state index contributed by atoms with van der Waals surface area (Å²) in [4.78, 5) is 7.90. The van der Waals surface area contributed by atoms with Gasteiger partial charge in [-0.1, -0.05) is 0 Å². The van der Waals surface area contributed by atoms with Crippen LogP contribution in [-0.2, 0) is 16.2 Å². The van der Waals surface area contributed by atoms with E-state index < -0.39 is 42.0 Å². The van der Waals surface area contributed by atoms with Gasteiger partial charge in [0.1, 0.15) is 24.0 Å². The van der Waals surface area contributed by atoms with Crippen LogP contribution in [-0.4, -0.2) is 23.8 Å². The van der Waals surface area contributed by atoms with Gasteiger partial charge in [-0.2, -0.15) is 5.26 Å². The normalized spacial score (nSPS) is 25.4. The van der Waals surface area contributed by atoms with Crippen molar-refractivity contribution in [3.63, 3.8) is 0 Å². The van der Waals surface area contributed by atoms with E-state index in [0.717, 1.165) is 6.07 Å². The van der Waals surface area contributed by atoms with Crippen molar-refractivity contribution in [3.05, 3.63) is 53.1 Å². The Labute approximate surface area is 157 Å². The zero-order valence-corrected chi connectivity index (χ0v) is 14.4. The van der Waals surface area contributed by atoms with Crippen molar-refractivity contribution in [2.24, 2.45) is 10.7 Å². The summed E-state index contributed by atoms with van der Waals surface area (Å²) in [5, 5.41) is 9.03. The second-order valence-corrected chi connectivity index (χ2v) is 6.81. The summed E-state index contributed by atoms with van der Waals surface area (Å²) in [6.45, 7) is -0.461. The van der Waals surface area contributed by atoms with Crippen LogP contribution in [0.25, 0.3) is 11.1 Å². The minimum absolute atomic E-state index is 0.186. The fourth-order valence-corrected chi connectivity index (χ4v) is 3.79. The van der Waals surface area contributed by atoms with Gasteiger partial charge in [0, 0.05) is 24.4 Å². The topological polar surface area (TPSA) is 84.3 Å². The molecular weight excluding hydrogens is 376 g/mol. The molecule has 1 unspecified atom stereocenters. The number of benzene rings is 1. The van der Waals surface area contributed by atoms with Gasteiger partial charge in [0.15, 0.2) is 6.17 Å². The van der Waals surface area contributed by atoms with Crippen LogP contribution in [0, 0.1) is 17.1 Å². The zero-order valence-electron chi connectivity index (χ0n) is 14.4. The minimum atomic E-state index is -3.47. The van der Waals surface area contributed by atoms with Gasteiger partial charge in [0.25, 0.3) is 11.9 Å². The maximum atomic E-state index is 14.9. The number of ether oxygens (including phenoxy) is 1. The van der Waals surface area contributed by atoms with E-state index in [0.29, 0.717) is 5.56 Å². The maximum Gasteiger partial charge on any atom is 0.283 e. The van der Waals surface area contributed by atoms with Gasteiger partial charge in [-0.25, -0.2) is 22.6 Å². The predicted octanol–water partition coefficient (Wildman–Crippen LogP) is 3.52. The molecule has 2 atom stereocenters. The lowest BCUT2D eigenvalue weighted by Crippen LogP contribution is -2.49. The highest BCUT2D eigenvalue weighted by atomic mass is 19.3. The Bertz CT molecular complexity index is 1030. The first-order valence-corrected chi connectivity index (χ1v) is 8.47. The molecule has 0 radical (unpaired) electrons. The van der Waals surface area contributed by atoms with Crippen molar-refractivity contribution in [2.75, 3.05) is 6.61 Å². The Balaban J connectivity index is 1.99. The highest BCUT2D eigenvalue weighted by Gasteiger charge is 2.55. The first-order chi connectivity index (χ1) is 13.3. The molecule has 2 aromatic rings. The molecule has 1 aliphatic carbocycles. The average molecular weight is 390 g/mol. The molecule has 0 saturated heterocycles. The van der Waals surface area contributed by atoms with Crippen molar-refractivity contribution in [1.29, 1.82) is 5.26 Å². The number of nitrogens with zero attached hydrogens (tertiary/aromatic N) is 3. The van der Waals surface area contributed by atoms with Crippen LogP contribution in [0.4, 0.5) is 17.6 Å². The highest BCUT2D eigenvalue weighted by Crippen LogP contribution is 2.53. The molecule has 1 aromatic carbocycles. The molecule has 0 amide bonds. The second-order valence-electron chi connectivity index (χ2n) is 6.81. The molecule has 2 N–H and O–H groups in total. The average Bonchev–Trinajstić information content (AvgIpc) is 2.67. The van der Waals surface area contributed by atoms with Crippen molar-refractivity contribution in [2.45, 2.75) is 30.5 Å². The lowest BCUT2D eigenvalue weighted by molar-refractivity contribution is -0.0497. The standard InChI is InChI=1S/C19H14F4N4O/c20-14-5-11(12-3-10(6-24)7-26-8-12)4-13-16(14)19(22,23)2-1-18(13)15(21)9-28-17(25)27-18/h3-5,7-8,15H,1-2,9H2,(H2,25,27)/t15-,18?/m0/s1. The van der Waals surface area contributed by atoms with Gasteiger partial charge in [-0.05, 0) is 35.7 Å². The largest absolute Gasteiger partial charge is 0.462 e. The molecule has 4 rings (SSSR count). The third-order valence-electron chi connectivity index (χ3n) is 5.15. The summed E-state index contributed by atoms with van der Waals surface area (Å²) in [5.74, 6) is -4.65. The van der Waals surface area contributed by atoms with Gasteiger partial charge >= 0.3 is 0 Å². The fourth-order valence-electron chi connectivity index (χ4n) is 3.79. The minimum Gasteiger partial charge on any atom is -0.462 e. The van der Waals surface area contributed by atoms with E-state index in [-0.39, 0.29) is 29.1 Å². The number of pyridine rings is 1. The SMILES string of the molecule is N#Cc1cncc(-c2cc(F)c3c(c2)C2(CCC3(F)F)N=C(N)OC[C@@H]2F)c1. The number of fused-ring (bicyclic) bond motifs is 2. The highest BCUT2D eigenvalue weighted by molar-refractivity contribution is 5.74. The number of aliphatic imine (C=N–C) groups is 1. The number of aromatic nitrogens is 1. The second kappa shape index (κ2) is 6.19. The molecular formula is C19H14F4N4O. The quantitative estimate of drug-likeness (QED) is 0.755. The number of nitrogens with two attached hydrogens (primary N) is 1. The number of nitriles is 1. The summed E-state index contributed by atoms with van der Waals surface area (Å²) < 4.78 is 63.7. The predicted molar refractivity (Wildman–Crippen MR) is 91.6 cm³/mol. The first-order valence-electron chi connectivity index (χ1n) is 8.47. The van der Waals surface area contributed by atoms with Crippen LogP contribution in [0.3, 0.4) is 0 Å². The van der Waals surface area contributed by atoms with E-state index in [1.54, 1.807) is 0 Å². The molecule has 28 heavy (non-hydrogen) atoms. The van der Waals surface area contributed by atoms with E-state index >= 15 is 0 Å². The van der Waals surface area contributed by atoms with E-state index in [2.05, 4.69) is 9.98 Å². The van der Waals surface area contributed by atoms with E-state index in [1.807, 2.05) is 6.07 Å². The first kappa shape index (κ1) is 18.2. The summed E-state index contributed by atoms with van der Waals surface area (Å²) in [5.41, 5.74) is 3.43. The van der Waals surface area contributed by atoms with E-state index in [1.165, 1.54) is 24.5 Å². The Morgan fingerprint density at radius 3 is 2.71 bits per heavy atom. The lowest BCUT2D eigenvalue weighted by Gasteiger charge is -2.43. The number of halogens is 4. The molecule has 1 aromatic heterocycles. The number of hydrogen-bond donors (Lipinski definition) is 1. The fraction of sp³-hybridized carbons (Fsp3) is 0.316. The van der Waals surface area contributed by atoms with E-state index in [4.69, 9.17) is 15.7 Å². The van der Waals surface area contributed by atoms with Crippen LogP contribution < -0.4 is 5.73 Å². The zero-order chi connectivity index (χ0) is 20.1. The van der Waals surface area contributed by atoms with Gasteiger partial charge in [-0.15, -0.1) is 0 Å². The molecule has 9 heteroatoms. The third kappa shape index (κ3) is 2.68. The molecule has 2 heterocycles. The Morgan fingerprint density at radius 1 is 1.18 bits per heavy atom. The van der Waals surface area contributed by atoms with Gasteiger partial charge in [0.2, 0.25) is 0 Å². The summed E-state index contributed by atoms with van der Waals surface area (Å²) in [7, 11) is 0. The lowest BCUT2D eigenvalue weighted by atomic mass is 9.71. The van der Waals surface area contributed by atoms with Crippen LogP contribution in [0.15, 0.2) is 35.6 Å². The summed E-state index contributed by atoms with van der Waals surface area (Å²) in [6, 6.07) is 5.23. The van der Waals surface area contributed by atoms with Crippen LogP contribution in [0.2, 0.25) is 0 Å². The molecule has 144 valence electrons. The van der Waals surface area contributed by atoms with Crippen molar-refractivity contribution >= 4 is 6.02 Å². The molecule has 2 aliphatic rings. The van der Waals surface area contributed by atoms with Crippen LogP contribution in [0.1, 0.15) is 29.5 Å². The Morgan fingerprint density at radius 2 is 1.96 bits per heavy atom. The smallest absolute Gasteiger partial charge is 0.283 e. The third-order valence-corrected chi connectivity index (χ3v) is 5.15. The van der Waals surface area contributed by atoms with Crippen molar-refractivity contribution in [3.8, 4) is 17.2 Å². The van der Waals surface area contributed by atoms with Gasteiger partial charge < -0.3 is 10.5 Å². The maximum absolute atomic E-state index is 14.9. The van der Waals surface area contributed by atoms with Gasteiger partial charge in [-0.3, -0.25) is 4.98 Å². The van der Waals surface area contributed by atoms with Gasteiger partial charge in [0.05, 0.1) is 11.1 Å². The molecule has 1 aliphatic heterocycles. The summed E-state index contributed by atoms with van der Waals surface area (Å²) >= 11 is 0. The number of rotatable bonds is 1.